The SMILES string of the molecule is O[C@H]1c2ccccc2[C@]2(Cl)SC1c1ccccc12. The summed E-state index contributed by atoms with van der Waals surface area (Å²) in [6.07, 6.45) is -0.471. The molecule has 2 aliphatic heterocycles. The molecule has 0 saturated heterocycles. The van der Waals surface area contributed by atoms with Gasteiger partial charge in [0.1, 0.15) is 4.21 Å². The fourth-order valence-corrected chi connectivity index (χ4v) is 5.21. The molecule has 1 nitrogen and oxygen atoms in total. The molecular weight excluding hydrogens is 264 g/mol. The average Bonchev–Trinajstić information content (AvgIpc) is 2.70. The van der Waals surface area contributed by atoms with Gasteiger partial charge in [-0.2, -0.15) is 0 Å². The Bertz CT molecular complexity index is 642. The normalized spacial score (nSPS) is 31.9. The molecule has 2 aromatic carbocycles. The van der Waals surface area contributed by atoms with Gasteiger partial charge in [-0.25, -0.2) is 0 Å². The highest BCUT2D eigenvalue weighted by Gasteiger charge is 2.52. The van der Waals surface area contributed by atoms with E-state index in [1.807, 2.05) is 36.4 Å². The third-order valence-electron chi connectivity index (χ3n) is 3.82. The molecule has 3 atom stereocenters. The van der Waals surface area contributed by atoms with Crippen molar-refractivity contribution in [3.05, 3.63) is 70.8 Å². The molecule has 90 valence electrons. The van der Waals surface area contributed by atoms with Crippen LogP contribution in [-0.4, -0.2) is 5.11 Å². The summed E-state index contributed by atoms with van der Waals surface area (Å²) in [5.41, 5.74) is 4.30. The van der Waals surface area contributed by atoms with E-state index in [0.29, 0.717) is 0 Å². The van der Waals surface area contributed by atoms with Crippen LogP contribution in [0.2, 0.25) is 0 Å². The predicted octanol–water partition coefficient (Wildman–Crippen LogP) is 3.96. The molecule has 2 aromatic rings. The van der Waals surface area contributed by atoms with E-state index in [2.05, 4.69) is 12.1 Å². The number of aliphatic hydroxyl groups is 1. The molecule has 0 radical (unpaired) electrons. The highest BCUT2D eigenvalue weighted by Crippen LogP contribution is 2.67. The predicted molar refractivity (Wildman–Crippen MR) is 74.8 cm³/mol. The van der Waals surface area contributed by atoms with Gasteiger partial charge in [0.15, 0.2) is 0 Å². The lowest BCUT2D eigenvalue weighted by Gasteiger charge is -2.33. The number of rotatable bonds is 0. The van der Waals surface area contributed by atoms with E-state index in [4.69, 9.17) is 11.6 Å². The van der Waals surface area contributed by atoms with Crippen LogP contribution in [0.25, 0.3) is 0 Å². The Balaban J connectivity index is 2.08. The lowest BCUT2D eigenvalue weighted by Crippen LogP contribution is -2.21. The first kappa shape index (κ1) is 10.9. The Hall–Kier alpha value is -0.960. The van der Waals surface area contributed by atoms with Gasteiger partial charge in [-0.15, -0.1) is 11.8 Å². The van der Waals surface area contributed by atoms with Gasteiger partial charge in [0.05, 0.1) is 11.4 Å². The Kier molecular flexibility index (Phi) is 2.14. The van der Waals surface area contributed by atoms with E-state index in [0.717, 1.165) is 16.7 Å². The molecule has 0 aliphatic carbocycles. The highest BCUT2D eigenvalue weighted by molar-refractivity contribution is 8.02. The number of alkyl halides is 1. The maximum atomic E-state index is 10.5. The fourth-order valence-electron chi connectivity index (χ4n) is 2.99. The van der Waals surface area contributed by atoms with Crippen LogP contribution in [-0.2, 0) is 4.21 Å². The van der Waals surface area contributed by atoms with Crippen molar-refractivity contribution < 1.29 is 5.11 Å². The van der Waals surface area contributed by atoms with Crippen LogP contribution in [0, 0.1) is 0 Å². The summed E-state index contributed by atoms with van der Waals surface area (Å²) in [6, 6.07) is 16.1. The molecule has 18 heavy (non-hydrogen) atoms. The first-order chi connectivity index (χ1) is 8.72. The lowest BCUT2D eigenvalue weighted by atomic mass is 9.98. The Labute approximate surface area is 115 Å². The first-order valence-electron chi connectivity index (χ1n) is 5.95. The second kappa shape index (κ2) is 3.53. The Morgan fingerprint density at radius 1 is 0.944 bits per heavy atom. The summed E-state index contributed by atoms with van der Waals surface area (Å²) in [5, 5.41) is 10.6. The lowest BCUT2D eigenvalue weighted by molar-refractivity contribution is 0.173. The molecular formula is C15H11ClOS. The standard InChI is InChI=1S/C15H11ClOS/c16-15-11-7-3-1-5-9(11)13(17)14(18-15)10-6-2-4-8-12(10)15/h1-8,13-14,17H/t13-,14?,15-/m0/s1. The van der Waals surface area contributed by atoms with Crippen LogP contribution in [0.5, 0.6) is 0 Å². The summed E-state index contributed by atoms with van der Waals surface area (Å²) < 4.78 is -0.531. The zero-order valence-electron chi connectivity index (χ0n) is 9.51. The largest absolute Gasteiger partial charge is 0.387 e. The molecule has 0 aromatic heterocycles. The van der Waals surface area contributed by atoms with Crippen molar-refractivity contribution in [2.75, 3.05) is 0 Å². The van der Waals surface area contributed by atoms with E-state index in [1.165, 1.54) is 5.56 Å². The van der Waals surface area contributed by atoms with Crippen molar-refractivity contribution in [2.24, 2.45) is 0 Å². The van der Waals surface area contributed by atoms with E-state index >= 15 is 0 Å². The minimum Gasteiger partial charge on any atom is -0.387 e. The van der Waals surface area contributed by atoms with Crippen LogP contribution in [0.4, 0.5) is 0 Å². The number of benzene rings is 2. The fraction of sp³-hybridized carbons (Fsp3) is 0.200. The number of fused-ring (bicyclic) bond motifs is 7. The molecule has 2 aliphatic rings. The Morgan fingerprint density at radius 2 is 1.50 bits per heavy atom. The summed E-state index contributed by atoms with van der Waals surface area (Å²) in [5.74, 6) is 0. The summed E-state index contributed by atoms with van der Waals surface area (Å²) in [4.78, 5) is 0. The first-order valence-corrected chi connectivity index (χ1v) is 7.21. The molecule has 0 fully saturated rings. The molecule has 0 spiro atoms. The van der Waals surface area contributed by atoms with Crippen LogP contribution in [0.3, 0.4) is 0 Å². The van der Waals surface area contributed by atoms with Crippen molar-refractivity contribution in [3.63, 3.8) is 0 Å². The molecule has 2 bridgehead atoms. The summed E-state index contributed by atoms with van der Waals surface area (Å²) >= 11 is 8.53. The van der Waals surface area contributed by atoms with Crippen molar-refractivity contribution in [1.82, 2.24) is 0 Å². The Morgan fingerprint density at radius 3 is 2.22 bits per heavy atom. The van der Waals surface area contributed by atoms with E-state index in [9.17, 15) is 5.11 Å². The molecule has 4 rings (SSSR count). The highest BCUT2D eigenvalue weighted by atomic mass is 35.5. The van der Waals surface area contributed by atoms with E-state index in [-0.39, 0.29) is 5.25 Å². The van der Waals surface area contributed by atoms with Gasteiger partial charge in [-0.05, 0) is 22.3 Å². The van der Waals surface area contributed by atoms with E-state index in [1.54, 1.807) is 11.8 Å². The van der Waals surface area contributed by atoms with Crippen molar-refractivity contribution >= 4 is 23.4 Å². The topological polar surface area (TPSA) is 20.2 Å². The third-order valence-corrected chi connectivity index (χ3v) is 6.02. The van der Waals surface area contributed by atoms with Crippen LogP contribution >= 0.6 is 23.4 Å². The minimum absolute atomic E-state index is 0.0496. The van der Waals surface area contributed by atoms with Crippen molar-refractivity contribution in [1.29, 1.82) is 0 Å². The van der Waals surface area contributed by atoms with Crippen molar-refractivity contribution in [3.8, 4) is 0 Å². The number of thioether (sulfide) groups is 1. The van der Waals surface area contributed by atoms with Gasteiger partial charge in [-0.1, -0.05) is 60.1 Å². The number of halogens is 1. The van der Waals surface area contributed by atoms with Gasteiger partial charge in [0, 0.05) is 0 Å². The van der Waals surface area contributed by atoms with Crippen LogP contribution in [0.1, 0.15) is 33.6 Å². The van der Waals surface area contributed by atoms with Crippen LogP contribution in [0.15, 0.2) is 48.5 Å². The molecule has 0 saturated carbocycles. The van der Waals surface area contributed by atoms with Crippen LogP contribution < -0.4 is 0 Å². The maximum absolute atomic E-state index is 10.5. The van der Waals surface area contributed by atoms with Gasteiger partial charge in [0.25, 0.3) is 0 Å². The minimum atomic E-state index is -0.531. The third kappa shape index (κ3) is 1.18. The summed E-state index contributed by atoms with van der Waals surface area (Å²) in [7, 11) is 0. The zero-order valence-corrected chi connectivity index (χ0v) is 11.1. The number of hydrogen-bond donors (Lipinski definition) is 1. The van der Waals surface area contributed by atoms with Crippen molar-refractivity contribution in [2.45, 2.75) is 15.6 Å². The molecule has 1 unspecified atom stereocenters. The number of aliphatic hydroxyl groups excluding tert-OH is 1. The smallest absolute Gasteiger partial charge is 0.141 e. The molecule has 0 amide bonds. The number of hydrogen-bond acceptors (Lipinski definition) is 2. The average molecular weight is 275 g/mol. The van der Waals surface area contributed by atoms with Gasteiger partial charge in [0.2, 0.25) is 0 Å². The molecule has 2 heterocycles. The van der Waals surface area contributed by atoms with Gasteiger partial charge in [-0.3, -0.25) is 0 Å². The zero-order chi connectivity index (χ0) is 12.3. The van der Waals surface area contributed by atoms with E-state index < -0.39 is 10.3 Å². The second-order valence-electron chi connectivity index (χ2n) is 4.75. The van der Waals surface area contributed by atoms with Gasteiger partial charge < -0.3 is 5.11 Å². The second-order valence-corrected chi connectivity index (χ2v) is 6.90. The molecule has 1 N–H and O–H groups in total. The summed E-state index contributed by atoms with van der Waals surface area (Å²) in [6.45, 7) is 0. The quantitative estimate of drug-likeness (QED) is 0.734. The molecule has 3 heteroatoms. The van der Waals surface area contributed by atoms with Gasteiger partial charge >= 0.3 is 0 Å². The maximum Gasteiger partial charge on any atom is 0.141 e. The monoisotopic (exact) mass is 274 g/mol.